The van der Waals surface area contributed by atoms with E-state index in [1.807, 2.05) is 18.2 Å². The summed E-state index contributed by atoms with van der Waals surface area (Å²) in [5.41, 5.74) is 1.26. The fraction of sp³-hybridized carbons (Fsp3) is 0.231. The van der Waals surface area contributed by atoms with Crippen molar-refractivity contribution in [3.63, 3.8) is 0 Å². The molecule has 2 atom stereocenters. The highest BCUT2D eigenvalue weighted by molar-refractivity contribution is 5.84. The maximum Gasteiger partial charge on any atom is 0.250 e. The molecule has 3 rings (SSSR count). The number of hydrogen-bond acceptors (Lipinski definition) is 2. The largest absolute Gasteiger partial charge is 0.272 e. The molecule has 1 aliphatic carbocycles. The highest BCUT2D eigenvalue weighted by atomic mass is 16.2. The lowest BCUT2D eigenvalue weighted by atomic mass is 10.1. The predicted molar refractivity (Wildman–Crippen MR) is 60.1 cm³/mol. The first-order chi connectivity index (χ1) is 7.86. The fourth-order valence-corrected chi connectivity index (χ4v) is 2.11. The molecule has 1 aromatic heterocycles. The number of carbonyl (C=O) groups is 1. The average molecular weight is 212 g/mol. The zero-order chi connectivity index (χ0) is 11.0. The first kappa shape index (κ1) is 9.33. The van der Waals surface area contributed by atoms with Gasteiger partial charge in [0.05, 0.1) is 0 Å². The lowest BCUT2D eigenvalue weighted by Gasteiger charge is -2.00. The van der Waals surface area contributed by atoms with Crippen LogP contribution in [0, 0.1) is 5.92 Å². The second kappa shape index (κ2) is 3.59. The molecule has 1 fully saturated rings. The van der Waals surface area contributed by atoms with Crippen molar-refractivity contribution in [2.45, 2.75) is 12.3 Å². The second-order valence-corrected chi connectivity index (χ2v) is 4.15. The zero-order valence-corrected chi connectivity index (χ0v) is 8.78. The van der Waals surface area contributed by atoms with Crippen molar-refractivity contribution in [1.29, 1.82) is 0 Å². The molecule has 0 radical (unpaired) electrons. The summed E-state index contributed by atoms with van der Waals surface area (Å²) in [7, 11) is 0. The van der Waals surface area contributed by atoms with Crippen molar-refractivity contribution in [3.05, 3.63) is 54.4 Å². The standard InChI is InChI=1S/C13H12N2O/c16-13(15-8-4-7-14-15)12-9-11(12)10-5-2-1-3-6-10/h1-8,11-12H,9H2. The molecule has 0 aliphatic heterocycles. The highest BCUT2D eigenvalue weighted by Crippen LogP contribution is 2.48. The van der Waals surface area contributed by atoms with Crippen LogP contribution in [0.3, 0.4) is 0 Å². The van der Waals surface area contributed by atoms with Gasteiger partial charge in [0.25, 0.3) is 5.91 Å². The number of hydrogen-bond donors (Lipinski definition) is 0. The van der Waals surface area contributed by atoms with Crippen LogP contribution in [0.25, 0.3) is 0 Å². The van der Waals surface area contributed by atoms with Gasteiger partial charge >= 0.3 is 0 Å². The zero-order valence-electron chi connectivity index (χ0n) is 8.78. The molecular formula is C13H12N2O. The molecule has 3 heteroatoms. The Kier molecular flexibility index (Phi) is 2.10. The van der Waals surface area contributed by atoms with Gasteiger partial charge in [0.1, 0.15) is 0 Å². The normalized spacial score (nSPS) is 23.0. The summed E-state index contributed by atoms with van der Waals surface area (Å²) < 4.78 is 1.44. The van der Waals surface area contributed by atoms with Crippen molar-refractivity contribution in [2.75, 3.05) is 0 Å². The maximum atomic E-state index is 12.0. The molecule has 1 aliphatic rings. The van der Waals surface area contributed by atoms with E-state index in [9.17, 15) is 4.79 Å². The number of nitrogens with zero attached hydrogens (tertiary/aromatic N) is 2. The van der Waals surface area contributed by atoms with Crippen LogP contribution in [0.2, 0.25) is 0 Å². The van der Waals surface area contributed by atoms with Gasteiger partial charge in [0, 0.05) is 18.3 Å². The summed E-state index contributed by atoms with van der Waals surface area (Å²) in [5, 5.41) is 3.97. The van der Waals surface area contributed by atoms with Gasteiger partial charge in [-0.1, -0.05) is 30.3 Å². The van der Waals surface area contributed by atoms with E-state index < -0.39 is 0 Å². The molecule has 0 bridgehead atoms. The Balaban J connectivity index is 1.75. The molecule has 0 spiro atoms. The van der Waals surface area contributed by atoms with Crippen LogP contribution in [0.1, 0.15) is 22.7 Å². The van der Waals surface area contributed by atoms with Gasteiger partial charge < -0.3 is 0 Å². The Labute approximate surface area is 93.7 Å². The summed E-state index contributed by atoms with van der Waals surface area (Å²) in [6.07, 6.45) is 4.29. The fourth-order valence-electron chi connectivity index (χ4n) is 2.11. The molecule has 80 valence electrons. The van der Waals surface area contributed by atoms with E-state index in [1.54, 1.807) is 18.5 Å². The van der Waals surface area contributed by atoms with Crippen LogP contribution in [0.5, 0.6) is 0 Å². The van der Waals surface area contributed by atoms with Gasteiger partial charge in [0.15, 0.2) is 0 Å². The van der Waals surface area contributed by atoms with Crippen molar-refractivity contribution in [3.8, 4) is 0 Å². The Hall–Kier alpha value is -1.90. The molecule has 1 aromatic carbocycles. The topological polar surface area (TPSA) is 34.9 Å². The molecule has 0 saturated heterocycles. The summed E-state index contributed by atoms with van der Waals surface area (Å²) in [5.74, 6) is 0.610. The van der Waals surface area contributed by atoms with E-state index in [0.717, 1.165) is 6.42 Å². The van der Waals surface area contributed by atoms with Crippen LogP contribution in [-0.2, 0) is 0 Å². The van der Waals surface area contributed by atoms with Crippen LogP contribution in [-0.4, -0.2) is 15.7 Å². The molecule has 2 unspecified atom stereocenters. The van der Waals surface area contributed by atoms with Crippen molar-refractivity contribution >= 4 is 5.91 Å². The first-order valence-electron chi connectivity index (χ1n) is 5.45. The molecule has 1 heterocycles. The molecule has 0 amide bonds. The minimum atomic E-state index is 0.110. The number of rotatable bonds is 2. The van der Waals surface area contributed by atoms with Crippen molar-refractivity contribution < 1.29 is 4.79 Å². The van der Waals surface area contributed by atoms with Crippen LogP contribution in [0.15, 0.2) is 48.8 Å². The minimum absolute atomic E-state index is 0.110. The van der Waals surface area contributed by atoms with E-state index in [0.29, 0.717) is 5.92 Å². The smallest absolute Gasteiger partial charge is 0.250 e. The molecule has 2 aromatic rings. The lowest BCUT2D eigenvalue weighted by Crippen LogP contribution is -2.13. The minimum Gasteiger partial charge on any atom is -0.272 e. The van der Waals surface area contributed by atoms with Gasteiger partial charge in [0.2, 0.25) is 0 Å². The van der Waals surface area contributed by atoms with E-state index in [1.165, 1.54) is 10.2 Å². The summed E-state index contributed by atoms with van der Waals surface area (Å²) in [6, 6.07) is 12.0. The molecule has 0 N–H and O–H groups in total. The van der Waals surface area contributed by atoms with E-state index >= 15 is 0 Å². The average Bonchev–Trinajstić information content (AvgIpc) is 2.95. The monoisotopic (exact) mass is 212 g/mol. The Bertz CT molecular complexity index is 490. The molecule has 1 saturated carbocycles. The molecule has 16 heavy (non-hydrogen) atoms. The van der Waals surface area contributed by atoms with Gasteiger partial charge in [-0.15, -0.1) is 0 Å². The van der Waals surface area contributed by atoms with E-state index in [4.69, 9.17) is 0 Å². The Morgan fingerprint density at radius 2 is 2.06 bits per heavy atom. The maximum absolute atomic E-state index is 12.0. The summed E-state index contributed by atoms with van der Waals surface area (Å²) in [4.78, 5) is 12.0. The SMILES string of the molecule is O=C(C1CC1c1ccccc1)n1cccn1. The summed E-state index contributed by atoms with van der Waals surface area (Å²) in [6.45, 7) is 0. The predicted octanol–water partition coefficient (Wildman–Crippen LogP) is 2.33. The Morgan fingerprint density at radius 1 is 1.25 bits per heavy atom. The number of carbonyl (C=O) groups excluding carboxylic acids is 1. The third kappa shape index (κ3) is 1.54. The third-order valence-corrected chi connectivity index (χ3v) is 3.07. The second-order valence-electron chi connectivity index (χ2n) is 4.15. The number of aromatic nitrogens is 2. The third-order valence-electron chi connectivity index (χ3n) is 3.07. The highest BCUT2D eigenvalue weighted by Gasteiger charge is 2.44. The van der Waals surface area contributed by atoms with E-state index in [-0.39, 0.29) is 11.8 Å². The van der Waals surface area contributed by atoms with Crippen molar-refractivity contribution in [2.24, 2.45) is 5.92 Å². The number of benzene rings is 1. The van der Waals surface area contributed by atoms with Gasteiger partial charge in [-0.25, -0.2) is 4.68 Å². The van der Waals surface area contributed by atoms with Gasteiger partial charge in [-0.2, -0.15) is 5.10 Å². The van der Waals surface area contributed by atoms with Crippen LogP contribution < -0.4 is 0 Å². The van der Waals surface area contributed by atoms with Crippen LogP contribution >= 0.6 is 0 Å². The first-order valence-corrected chi connectivity index (χ1v) is 5.45. The quantitative estimate of drug-likeness (QED) is 0.765. The summed E-state index contributed by atoms with van der Waals surface area (Å²) >= 11 is 0. The van der Waals surface area contributed by atoms with Crippen LogP contribution in [0.4, 0.5) is 0 Å². The Morgan fingerprint density at radius 3 is 2.75 bits per heavy atom. The lowest BCUT2D eigenvalue weighted by molar-refractivity contribution is 0.0867. The van der Waals surface area contributed by atoms with E-state index in [2.05, 4.69) is 17.2 Å². The van der Waals surface area contributed by atoms with Crippen molar-refractivity contribution in [1.82, 2.24) is 9.78 Å². The van der Waals surface area contributed by atoms with Gasteiger partial charge in [-0.3, -0.25) is 4.79 Å². The van der Waals surface area contributed by atoms with Gasteiger partial charge in [-0.05, 0) is 24.0 Å². The molecule has 3 nitrogen and oxygen atoms in total. The molecular weight excluding hydrogens is 200 g/mol.